The maximum atomic E-state index is 13.1. The van der Waals surface area contributed by atoms with Gasteiger partial charge < -0.3 is 4.57 Å². The van der Waals surface area contributed by atoms with Crippen LogP contribution in [-0.4, -0.2) is 25.7 Å². The third kappa shape index (κ3) is 3.29. The lowest BCUT2D eigenvalue weighted by molar-refractivity contribution is 0.0996. The summed E-state index contributed by atoms with van der Waals surface area (Å²) in [7, 11) is 0. The third-order valence-corrected chi connectivity index (χ3v) is 5.28. The predicted octanol–water partition coefficient (Wildman–Crippen LogP) is 3.84. The Morgan fingerprint density at radius 3 is 2.83 bits per heavy atom. The molecule has 0 N–H and O–H groups in total. The molecule has 2 aromatic heterocycles. The molecular formula is C23H21N5O. The van der Waals surface area contributed by atoms with Crippen LogP contribution in [0, 0.1) is 17.8 Å². The Hall–Kier alpha value is -3.46. The minimum atomic E-state index is -0.0370. The lowest BCUT2D eigenvalue weighted by Crippen LogP contribution is -2.24. The number of fused-ring (bicyclic) bond motifs is 1. The molecule has 5 rings (SSSR count). The highest BCUT2D eigenvalue weighted by atomic mass is 16.2. The topological polar surface area (TPSA) is 63.9 Å². The van der Waals surface area contributed by atoms with E-state index < -0.39 is 0 Å². The van der Waals surface area contributed by atoms with E-state index in [1.54, 1.807) is 11.2 Å². The summed E-state index contributed by atoms with van der Waals surface area (Å²) in [6.07, 6.45) is 4.09. The molecule has 0 unspecified atom stereocenters. The van der Waals surface area contributed by atoms with Crippen molar-refractivity contribution < 1.29 is 4.79 Å². The summed E-state index contributed by atoms with van der Waals surface area (Å²) in [4.78, 5) is 19.5. The van der Waals surface area contributed by atoms with E-state index in [1.165, 1.54) is 12.8 Å². The van der Waals surface area contributed by atoms with Crippen LogP contribution in [0.25, 0.3) is 11.5 Å². The van der Waals surface area contributed by atoms with Crippen LogP contribution in [0.5, 0.6) is 0 Å². The zero-order valence-electron chi connectivity index (χ0n) is 16.5. The Bertz CT molecular complexity index is 1160. The SMILES string of the molecule is CC(C)n1cnnc1-c1cccc(N2Cc3ccc(C#CC4CC4)cc3C2=O)n1. The van der Waals surface area contributed by atoms with Crippen LogP contribution < -0.4 is 4.90 Å². The first-order valence-electron chi connectivity index (χ1n) is 9.93. The first kappa shape index (κ1) is 17.6. The van der Waals surface area contributed by atoms with Gasteiger partial charge in [0.25, 0.3) is 5.91 Å². The average Bonchev–Trinajstić information content (AvgIpc) is 3.32. The number of hydrogen-bond donors (Lipinski definition) is 0. The third-order valence-electron chi connectivity index (χ3n) is 5.28. The highest BCUT2D eigenvalue weighted by Crippen LogP contribution is 2.30. The molecule has 2 aliphatic rings. The van der Waals surface area contributed by atoms with Gasteiger partial charge in [0.05, 0.1) is 6.54 Å². The zero-order chi connectivity index (χ0) is 20.0. The Labute approximate surface area is 169 Å². The fourth-order valence-corrected chi connectivity index (χ4v) is 3.48. The van der Waals surface area contributed by atoms with Crippen molar-refractivity contribution in [2.75, 3.05) is 4.90 Å². The van der Waals surface area contributed by atoms with Crippen molar-refractivity contribution in [3.63, 3.8) is 0 Å². The highest BCUT2D eigenvalue weighted by Gasteiger charge is 2.30. The molecule has 1 amide bonds. The fourth-order valence-electron chi connectivity index (χ4n) is 3.48. The van der Waals surface area contributed by atoms with Crippen LogP contribution in [0.2, 0.25) is 0 Å². The number of aromatic nitrogens is 4. The van der Waals surface area contributed by atoms with Gasteiger partial charge in [0.1, 0.15) is 17.8 Å². The summed E-state index contributed by atoms with van der Waals surface area (Å²) < 4.78 is 1.97. The second-order valence-corrected chi connectivity index (χ2v) is 7.84. The second kappa shape index (κ2) is 6.85. The largest absolute Gasteiger partial charge is 0.310 e. The van der Waals surface area contributed by atoms with Gasteiger partial charge in [-0.05, 0) is 56.5 Å². The number of amides is 1. The van der Waals surface area contributed by atoms with Gasteiger partial charge in [-0.15, -0.1) is 10.2 Å². The Morgan fingerprint density at radius 2 is 2.03 bits per heavy atom. The van der Waals surface area contributed by atoms with E-state index in [4.69, 9.17) is 4.98 Å². The Kier molecular flexibility index (Phi) is 4.17. The molecule has 1 aliphatic carbocycles. The minimum absolute atomic E-state index is 0.0370. The molecule has 1 aliphatic heterocycles. The van der Waals surface area contributed by atoms with Gasteiger partial charge >= 0.3 is 0 Å². The molecule has 1 saturated carbocycles. The van der Waals surface area contributed by atoms with E-state index >= 15 is 0 Å². The maximum absolute atomic E-state index is 13.1. The van der Waals surface area contributed by atoms with Crippen LogP contribution in [0.15, 0.2) is 42.7 Å². The minimum Gasteiger partial charge on any atom is -0.310 e. The molecular weight excluding hydrogens is 362 g/mol. The van der Waals surface area contributed by atoms with E-state index in [0.29, 0.717) is 35.4 Å². The van der Waals surface area contributed by atoms with Crippen LogP contribution in [-0.2, 0) is 6.54 Å². The Morgan fingerprint density at radius 1 is 1.17 bits per heavy atom. The summed E-state index contributed by atoms with van der Waals surface area (Å²) in [6.45, 7) is 4.65. The summed E-state index contributed by atoms with van der Waals surface area (Å²) in [5.41, 5.74) is 3.32. The normalized spacial score (nSPS) is 15.4. The number of nitrogens with zero attached hydrogens (tertiary/aromatic N) is 5. The molecule has 0 radical (unpaired) electrons. The summed E-state index contributed by atoms with van der Waals surface area (Å²) in [5, 5.41) is 8.23. The molecule has 6 nitrogen and oxygen atoms in total. The van der Waals surface area contributed by atoms with Crippen LogP contribution in [0.3, 0.4) is 0 Å². The number of rotatable bonds is 3. The smallest absolute Gasteiger partial charge is 0.260 e. The first-order valence-corrected chi connectivity index (χ1v) is 9.93. The summed E-state index contributed by atoms with van der Waals surface area (Å²) in [5.74, 6) is 8.27. The monoisotopic (exact) mass is 383 g/mol. The zero-order valence-corrected chi connectivity index (χ0v) is 16.5. The Balaban J connectivity index is 1.45. The van der Waals surface area contributed by atoms with Gasteiger partial charge in [-0.25, -0.2) is 4.98 Å². The summed E-state index contributed by atoms with van der Waals surface area (Å²) in [6, 6.07) is 11.8. The van der Waals surface area contributed by atoms with E-state index in [1.807, 2.05) is 41.0 Å². The predicted molar refractivity (Wildman–Crippen MR) is 110 cm³/mol. The standard InChI is InChI=1S/C23H21N5O/c1-15(2)28-14-24-26-22(28)20-4-3-5-21(25-20)27-13-18-11-10-17(9-8-16-6-7-16)12-19(18)23(27)29/h3-5,10-12,14-16H,6-7,13H2,1-2H3. The average molecular weight is 383 g/mol. The second-order valence-electron chi connectivity index (χ2n) is 7.84. The highest BCUT2D eigenvalue weighted by molar-refractivity contribution is 6.09. The quantitative estimate of drug-likeness (QED) is 0.645. The summed E-state index contributed by atoms with van der Waals surface area (Å²) >= 11 is 0. The molecule has 3 heterocycles. The van der Waals surface area contributed by atoms with Crippen molar-refractivity contribution in [1.29, 1.82) is 0 Å². The van der Waals surface area contributed by atoms with E-state index in [9.17, 15) is 4.79 Å². The van der Waals surface area contributed by atoms with Gasteiger partial charge in [-0.2, -0.15) is 0 Å². The molecule has 0 spiro atoms. The van der Waals surface area contributed by atoms with Crippen molar-refractivity contribution in [2.45, 2.75) is 39.3 Å². The van der Waals surface area contributed by atoms with Crippen LogP contribution >= 0.6 is 0 Å². The number of carbonyl (C=O) groups is 1. The van der Waals surface area contributed by atoms with Gasteiger partial charge in [-0.3, -0.25) is 9.69 Å². The van der Waals surface area contributed by atoms with Gasteiger partial charge in [-0.1, -0.05) is 24.0 Å². The van der Waals surface area contributed by atoms with Crippen molar-refractivity contribution >= 4 is 11.7 Å². The number of benzene rings is 1. The molecule has 0 saturated heterocycles. The molecule has 0 bridgehead atoms. The van der Waals surface area contributed by atoms with Crippen molar-refractivity contribution in [2.24, 2.45) is 5.92 Å². The lowest BCUT2D eigenvalue weighted by atomic mass is 10.1. The van der Waals surface area contributed by atoms with Crippen molar-refractivity contribution in [3.05, 3.63) is 59.4 Å². The number of pyridine rings is 1. The van der Waals surface area contributed by atoms with Crippen LogP contribution in [0.1, 0.15) is 54.2 Å². The molecule has 29 heavy (non-hydrogen) atoms. The first-order chi connectivity index (χ1) is 14.1. The van der Waals surface area contributed by atoms with Gasteiger partial charge in [0.15, 0.2) is 5.82 Å². The molecule has 1 aromatic carbocycles. The van der Waals surface area contributed by atoms with E-state index in [2.05, 4.69) is 35.9 Å². The molecule has 3 aromatic rings. The van der Waals surface area contributed by atoms with E-state index in [-0.39, 0.29) is 11.9 Å². The molecule has 144 valence electrons. The van der Waals surface area contributed by atoms with Gasteiger partial charge in [0.2, 0.25) is 0 Å². The maximum Gasteiger partial charge on any atom is 0.260 e. The molecule has 6 heteroatoms. The van der Waals surface area contributed by atoms with Crippen molar-refractivity contribution in [3.8, 4) is 23.4 Å². The number of anilines is 1. The number of carbonyl (C=O) groups excluding carboxylic acids is 1. The number of hydrogen-bond acceptors (Lipinski definition) is 4. The lowest BCUT2D eigenvalue weighted by Gasteiger charge is -2.16. The molecule has 1 fully saturated rings. The fraction of sp³-hybridized carbons (Fsp3) is 0.304. The van der Waals surface area contributed by atoms with Crippen LogP contribution in [0.4, 0.5) is 5.82 Å². The van der Waals surface area contributed by atoms with E-state index in [0.717, 1.165) is 11.1 Å². The van der Waals surface area contributed by atoms with Gasteiger partial charge in [0, 0.05) is 23.1 Å². The molecule has 0 atom stereocenters. The van der Waals surface area contributed by atoms with Crippen molar-refractivity contribution in [1.82, 2.24) is 19.7 Å².